The summed E-state index contributed by atoms with van der Waals surface area (Å²) in [6, 6.07) is 17.4. The Hall–Kier alpha value is -3.87. The first-order valence-electron chi connectivity index (χ1n) is 11.9. The number of hydrogen-bond acceptors (Lipinski definition) is 5. The van der Waals surface area contributed by atoms with Crippen molar-refractivity contribution in [3.8, 4) is 5.69 Å². The van der Waals surface area contributed by atoms with E-state index in [1.807, 2.05) is 30.3 Å². The normalized spacial score (nSPS) is 12.1. The molecule has 0 saturated carbocycles. The van der Waals surface area contributed by atoms with Gasteiger partial charge in [-0.2, -0.15) is 23.4 Å². The molecule has 4 rings (SSSR count). The van der Waals surface area contributed by atoms with E-state index < -0.39 is 44.9 Å². The standard InChI is InChI=1S/C27H22Cl2F3N5O3S/c1-17-8-11-21(12-9-17)41(39,40)36(20-10-13-24(28)23(14-20)27(30,31)32)16-25(38)34-33-15-22-18(2)37(35-26(22)29)19-6-4-3-5-7-19/h3-15H,16H2,1-2H3,(H,34,38)/b33-15-. The monoisotopic (exact) mass is 623 g/mol. The number of anilines is 1. The third kappa shape index (κ3) is 6.72. The molecule has 3 aromatic carbocycles. The number of aromatic nitrogens is 2. The number of halogens is 5. The molecule has 0 atom stereocenters. The number of nitrogens with one attached hydrogen (secondary N) is 1. The van der Waals surface area contributed by atoms with Crippen LogP contribution in [0.1, 0.15) is 22.4 Å². The first-order chi connectivity index (χ1) is 19.3. The summed E-state index contributed by atoms with van der Waals surface area (Å²) in [5.74, 6) is -0.926. The van der Waals surface area contributed by atoms with Crippen LogP contribution in [0.2, 0.25) is 10.2 Å². The van der Waals surface area contributed by atoms with E-state index in [-0.39, 0.29) is 10.0 Å². The van der Waals surface area contributed by atoms with Crippen molar-refractivity contribution in [1.82, 2.24) is 15.2 Å². The minimum Gasteiger partial charge on any atom is -0.271 e. The molecule has 0 spiro atoms. The van der Waals surface area contributed by atoms with E-state index in [9.17, 15) is 26.4 Å². The van der Waals surface area contributed by atoms with Crippen LogP contribution < -0.4 is 9.73 Å². The molecule has 0 radical (unpaired) electrons. The SMILES string of the molecule is Cc1ccc(S(=O)(=O)N(CC(=O)N/N=C\c2c(Cl)nn(-c3ccccc3)c2C)c2ccc(Cl)c(C(F)(F)F)c2)cc1. The highest BCUT2D eigenvalue weighted by Gasteiger charge is 2.35. The van der Waals surface area contributed by atoms with Crippen LogP contribution in [0.3, 0.4) is 0 Å². The van der Waals surface area contributed by atoms with Crippen LogP contribution in [0.4, 0.5) is 18.9 Å². The van der Waals surface area contributed by atoms with Gasteiger partial charge in [-0.3, -0.25) is 9.10 Å². The lowest BCUT2D eigenvalue weighted by molar-refractivity contribution is -0.137. The number of benzene rings is 3. The number of carbonyl (C=O) groups is 1. The number of para-hydroxylation sites is 1. The molecule has 8 nitrogen and oxygen atoms in total. The average Bonchev–Trinajstić information content (AvgIpc) is 3.20. The van der Waals surface area contributed by atoms with Gasteiger partial charge in [0.25, 0.3) is 15.9 Å². The lowest BCUT2D eigenvalue weighted by Crippen LogP contribution is -2.39. The first-order valence-corrected chi connectivity index (χ1v) is 14.1. The summed E-state index contributed by atoms with van der Waals surface area (Å²) < 4.78 is 69.8. The van der Waals surface area contributed by atoms with E-state index in [1.165, 1.54) is 30.5 Å². The minimum absolute atomic E-state index is 0.105. The Kier molecular flexibility index (Phi) is 8.76. The number of carbonyl (C=O) groups excluding carboxylic acids is 1. The van der Waals surface area contributed by atoms with Crippen molar-refractivity contribution in [2.45, 2.75) is 24.9 Å². The van der Waals surface area contributed by atoms with E-state index in [0.717, 1.165) is 23.4 Å². The van der Waals surface area contributed by atoms with Crippen LogP contribution in [0, 0.1) is 13.8 Å². The van der Waals surface area contributed by atoms with Crippen molar-refractivity contribution < 1.29 is 26.4 Å². The van der Waals surface area contributed by atoms with Gasteiger partial charge in [-0.25, -0.2) is 18.5 Å². The average molecular weight is 624 g/mol. The van der Waals surface area contributed by atoms with Crippen LogP contribution in [-0.4, -0.2) is 36.9 Å². The largest absolute Gasteiger partial charge is 0.417 e. The maximum Gasteiger partial charge on any atom is 0.417 e. The Balaban J connectivity index is 1.63. The van der Waals surface area contributed by atoms with Crippen molar-refractivity contribution in [1.29, 1.82) is 0 Å². The number of rotatable bonds is 8. The van der Waals surface area contributed by atoms with Crippen LogP contribution in [-0.2, 0) is 21.0 Å². The summed E-state index contributed by atoms with van der Waals surface area (Å²) in [4.78, 5) is 12.6. The van der Waals surface area contributed by atoms with Crippen LogP contribution in [0.5, 0.6) is 0 Å². The number of sulfonamides is 1. The van der Waals surface area contributed by atoms with Crippen LogP contribution in [0.15, 0.2) is 82.8 Å². The zero-order valence-electron chi connectivity index (χ0n) is 21.5. The quantitative estimate of drug-likeness (QED) is 0.188. The topological polar surface area (TPSA) is 96.7 Å². The second kappa shape index (κ2) is 11.9. The minimum atomic E-state index is -4.86. The number of hydrazone groups is 1. The van der Waals surface area contributed by atoms with Crippen LogP contribution >= 0.6 is 23.2 Å². The van der Waals surface area contributed by atoms with Gasteiger partial charge in [0.05, 0.1) is 44.3 Å². The van der Waals surface area contributed by atoms with E-state index in [0.29, 0.717) is 21.6 Å². The molecule has 0 saturated heterocycles. The molecular formula is C27H22Cl2F3N5O3S. The summed E-state index contributed by atoms with van der Waals surface area (Å²) in [7, 11) is -4.48. The van der Waals surface area contributed by atoms with Gasteiger partial charge < -0.3 is 0 Å². The van der Waals surface area contributed by atoms with Gasteiger partial charge in [-0.15, -0.1) is 0 Å². The molecule has 1 N–H and O–H groups in total. The molecule has 0 bridgehead atoms. The first kappa shape index (κ1) is 30.1. The van der Waals surface area contributed by atoms with Gasteiger partial charge in [-0.05, 0) is 56.3 Å². The molecule has 214 valence electrons. The fourth-order valence-electron chi connectivity index (χ4n) is 3.82. The molecule has 1 aromatic heterocycles. The molecule has 14 heteroatoms. The third-order valence-electron chi connectivity index (χ3n) is 5.94. The Morgan fingerprint density at radius 3 is 2.34 bits per heavy atom. The third-order valence-corrected chi connectivity index (χ3v) is 8.34. The number of alkyl halides is 3. The highest BCUT2D eigenvalue weighted by molar-refractivity contribution is 7.92. The molecule has 0 aliphatic heterocycles. The predicted octanol–water partition coefficient (Wildman–Crippen LogP) is 6.16. The molecule has 4 aromatic rings. The number of amides is 1. The van der Waals surface area contributed by atoms with Gasteiger partial charge in [0.15, 0.2) is 5.15 Å². The van der Waals surface area contributed by atoms with Crippen molar-refractivity contribution in [3.05, 3.63) is 105 Å². The zero-order valence-corrected chi connectivity index (χ0v) is 23.9. The smallest absolute Gasteiger partial charge is 0.271 e. The Labute approximate surface area is 244 Å². The Morgan fingerprint density at radius 1 is 1.05 bits per heavy atom. The molecule has 0 fully saturated rings. The lowest BCUT2D eigenvalue weighted by atomic mass is 10.2. The molecule has 0 aliphatic rings. The number of hydrogen-bond donors (Lipinski definition) is 1. The summed E-state index contributed by atoms with van der Waals surface area (Å²) in [6.45, 7) is 2.60. The second-order valence-corrected chi connectivity index (χ2v) is 11.4. The maximum absolute atomic E-state index is 13.6. The van der Waals surface area contributed by atoms with Crippen molar-refractivity contribution in [2.24, 2.45) is 5.10 Å². The maximum atomic E-state index is 13.6. The number of nitrogens with zero attached hydrogens (tertiary/aromatic N) is 4. The summed E-state index contributed by atoms with van der Waals surface area (Å²) >= 11 is 12.0. The molecule has 1 heterocycles. The highest BCUT2D eigenvalue weighted by atomic mass is 35.5. The number of aryl methyl sites for hydroxylation is 1. The summed E-state index contributed by atoms with van der Waals surface area (Å²) in [5, 5.41) is 7.62. The zero-order chi connectivity index (χ0) is 29.9. The van der Waals surface area contributed by atoms with Crippen molar-refractivity contribution >= 4 is 51.0 Å². The molecule has 0 aliphatic carbocycles. The van der Waals surface area contributed by atoms with Crippen LogP contribution in [0.25, 0.3) is 5.69 Å². The molecule has 0 unspecified atom stereocenters. The fourth-order valence-corrected chi connectivity index (χ4v) is 5.72. The van der Waals surface area contributed by atoms with Gasteiger partial charge in [0.1, 0.15) is 6.54 Å². The van der Waals surface area contributed by atoms with Crippen molar-refractivity contribution in [2.75, 3.05) is 10.8 Å². The van der Waals surface area contributed by atoms with E-state index >= 15 is 0 Å². The summed E-state index contributed by atoms with van der Waals surface area (Å²) in [6.07, 6.45) is -3.62. The second-order valence-electron chi connectivity index (χ2n) is 8.82. The van der Waals surface area contributed by atoms with E-state index in [2.05, 4.69) is 15.6 Å². The molecule has 1 amide bonds. The Morgan fingerprint density at radius 2 is 1.71 bits per heavy atom. The Bertz CT molecular complexity index is 1710. The van der Waals surface area contributed by atoms with Gasteiger partial charge in [0.2, 0.25) is 0 Å². The lowest BCUT2D eigenvalue weighted by Gasteiger charge is -2.25. The van der Waals surface area contributed by atoms with Gasteiger partial charge in [-0.1, -0.05) is 59.1 Å². The van der Waals surface area contributed by atoms with E-state index in [1.54, 1.807) is 18.5 Å². The van der Waals surface area contributed by atoms with Gasteiger partial charge >= 0.3 is 6.18 Å². The molecular weight excluding hydrogens is 602 g/mol. The van der Waals surface area contributed by atoms with Gasteiger partial charge in [0, 0.05) is 0 Å². The fraction of sp³-hybridized carbons (Fsp3) is 0.148. The van der Waals surface area contributed by atoms with Crippen molar-refractivity contribution in [3.63, 3.8) is 0 Å². The highest BCUT2D eigenvalue weighted by Crippen LogP contribution is 2.38. The van der Waals surface area contributed by atoms with E-state index in [4.69, 9.17) is 23.2 Å². The predicted molar refractivity (Wildman–Crippen MR) is 151 cm³/mol. The molecule has 41 heavy (non-hydrogen) atoms. The summed E-state index contributed by atoms with van der Waals surface area (Å²) in [5.41, 5.74) is 3.06.